The molecular formula is C28H27ClN2O3S. The van der Waals surface area contributed by atoms with Gasteiger partial charge >= 0.3 is 0 Å². The number of para-hydroxylation sites is 1. The predicted molar refractivity (Wildman–Crippen MR) is 145 cm³/mol. The predicted octanol–water partition coefficient (Wildman–Crippen LogP) is 7.33. The molecule has 0 aliphatic carbocycles. The molecule has 0 atom stereocenters. The summed E-state index contributed by atoms with van der Waals surface area (Å²) in [7, 11) is 0. The molecule has 0 saturated carbocycles. The highest BCUT2D eigenvalue weighted by molar-refractivity contribution is 8.18. The fourth-order valence-corrected chi connectivity index (χ4v) is 4.76. The lowest BCUT2D eigenvalue weighted by Crippen LogP contribution is -2.29. The van der Waals surface area contributed by atoms with Gasteiger partial charge in [0.15, 0.2) is 16.7 Å². The van der Waals surface area contributed by atoms with Crippen LogP contribution in [0.5, 0.6) is 11.5 Å². The van der Waals surface area contributed by atoms with E-state index in [1.807, 2.05) is 85.8 Å². The second-order valence-corrected chi connectivity index (χ2v) is 9.23. The lowest BCUT2D eigenvalue weighted by molar-refractivity contribution is -0.122. The van der Waals surface area contributed by atoms with Crippen molar-refractivity contribution in [3.8, 4) is 11.5 Å². The first-order chi connectivity index (χ1) is 17.1. The van der Waals surface area contributed by atoms with Crippen LogP contribution < -0.4 is 9.47 Å². The second kappa shape index (κ2) is 12.0. The normalized spacial score (nSPS) is 15.7. The summed E-state index contributed by atoms with van der Waals surface area (Å²) < 4.78 is 11.8. The van der Waals surface area contributed by atoms with Crippen LogP contribution in [0.15, 0.2) is 82.7 Å². The molecule has 0 aromatic heterocycles. The van der Waals surface area contributed by atoms with Crippen molar-refractivity contribution in [2.45, 2.75) is 26.9 Å². The third-order valence-electron chi connectivity index (χ3n) is 5.22. The van der Waals surface area contributed by atoms with Crippen molar-refractivity contribution in [2.75, 3.05) is 13.2 Å². The number of hydrogen-bond acceptors (Lipinski definition) is 5. The first kappa shape index (κ1) is 24.9. The van der Waals surface area contributed by atoms with Crippen LogP contribution in [-0.4, -0.2) is 29.1 Å². The number of halogens is 1. The summed E-state index contributed by atoms with van der Waals surface area (Å²) >= 11 is 7.65. The number of carbonyl (C=O) groups excluding carboxylic acids is 1. The van der Waals surface area contributed by atoms with Crippen molar-refractivity contribution in [1.82, 2.24) is 4.90 Å². The van der Waals surface area contributed by atoms with Gasteiger partial charge in [-0.05, 0) is 67.1 Å². The summed E-state index contributed by atoms with van der Waals surface area (Å²) in [5, 5.41) is 1.35. The number of aliphatic imine (C=N–C) groups is 1. The fourth-order valence-electron chi connectivity index (χ4n) is 3.55. The molecule has 7 heteroatoms. The van der Waals surface area contributed by atoms with Gasteiger partial charge in [0.1, 0.15) is 6.61 Å². The Labute approximate surface area is 215 Å². The Bertz CT molecular complexity index is 1240. The van der Waals surface area contributed by atoms with E-state index in [1.165, 1.54) is 11.8 Å². The number of thioether (sulfide) groups is 1. The van der Waals surface area contributed by atoms with Gasteiger partial charge in [-0.25, -0.2) is 4.99 Å². The maximum Gasteiger partial charge on any atom is 0.266 e. The number of hydrogen-bond donors (Lipinski definition) is 0. The molecule has 35 heavy (non-hydrogen) atoms. The first-order valence-corrected chi connectivity index (χ1v) is 12.8. The molecule has 1 aliphatic rings. The van der Waals surface area contributed by atoms with E-state index in [0.717, 1.165) is 23.2 Å². The van der Waals surface area contributed by atoms with Crippen molar-refractivity contribution >= 4 is 46.2 Å². The summed E-state index contributed by atoms with van der Waals surface area (Å²) in [6, 6.07) is 22.9. The Kier molecular flexibility index (Phi) is 8.50. The number of amidine groups is 1. The van der Waals surface area contributed by atoms with Crippen LogP contribution in [0.2, 0.25) is 5.02 Å². The van der Waals surface area contributed by atoms with Crippen LogP contribution in [0.4, 0.5) is 5.69 Å². The van der Waals surface area contributed by atoms with E-state index in [-0.39, 0.29) is 5.91 Å². The summed E-state index contributed by atoms with van der Waals surface area (Å²) in [5.41, 5.74) is 2.58. The highest BCUT2D eigenvalue weighted by Gasteiger charge is 2.32. The molecular weight excluding hydrogens is 480 g/mol. The highest BCUT2D eigenvalue weighted by Crippen LogP contribution is 2.36. The summed E-state index contributed by atoms with van der Waals surface area (Å²) in [6.45, 7) is 5.42. The number of carbonyl (C=O) groups is 1. The van der Waals surface area contributed by atoms with E-state index in [2.05, 4.69) is 6.92 Å². The largest absolute Gasteiger partial charge is 0.490 e. The molecule has 0 spiro atoms. The minimum atomic E-state index is -0.0384. The molecule has 1 amide bonds. The molecule has 5 nitrogen and oxygen atoms in total. The topological polar surface area (TPSA) is 51.1 Å². The maximum atomic E-state index is 13.2. The molecule has 0 bridgehead atoms. The van der Waals surface area contributed by atoms with Crippen molar-refractivity contribution in [2.24, 2.45) is 4.99 Å². The van der Waals surface area contributed by atoms with Crippen LogP contribution in [0.1, 0.15) is 31.4 Å². The number of ether oxygens (including phenoxy) is 2. The molecule has 1 aliphatic heterocycles. The van der Waals surface area contributed by atoms with E-state index in [4.69, 9.17) is 26.1 Å². The average Bonchev–Trinajstić information content (AvgIpc) is 3.14. The molecule has 3 aromatic carbocycles. The zero-order chi connectivity index (χ0) is 24.6. The van der Waals surface area contributed by atoms with Crippen molar-refractivity contribution in [3.63, 3.8) is 0 Å². The quantitative estimate of drug-likeness (QED) is 0.285. The molecule has 3 aromatic rings. The summed E-state index contributed by atoms with van der Waals surface area (Å²) in [5.74, 6) is 1.20. The lowest BCUT2D eigenvalue weighted by atomic mass is 10.1. The smallest absolute Gasteiger partial charge is 0.266 e. The molecule has 1 heterocycles. The van der Waals surface area contributed by atoms with Gasteiger partial charge < -0.3 is 9.47 Å². The van der Waals surface area contributed by atoms with Gasteiger partial charge in [0.2, 0.25) is 0 Å². The van der Waals surface area contributed by atoms with E-state index >= 15 is 0 Å². The van der Waals surface area contributed by atoms with Crippen LogP contribution in [0.3, 0.4) is 0 Å². The van der Waals surface area contributed by atoms with Gasteiger partial charge in [-0.15, -0.1) is 0 Å². The fraction of sp³-hybridized carbons (Fsp3) is 0.214. The van der Waals surface area contributed by atoms with Crippen molar-refractivity contribution in [3.05, 3.63) is 93.9 Å². The van der Waals surface area contributed by atoms with E-state index < -0.39 is 0 Å². The van der Waals surface area contributed by atoms with Gasteiger partial charge in [-0.2, -0.15) is 0 Å². The van der Waals surface area contributed by atoms with Crippen molar-refractivity contribution in [1.29, 1.82) is 0 Å². The van der Waals surface area contributed by atoms with Gasteiger partial charge in [-0.3, -0.25) is 9.69 Å². The average molecular weight is 507 g/mol. The third-order valence-corrected chi connectivity index (χ3v) is 6.60. The maximum absolute atomic E-state index is 13.2. The lowest BCUT2D eigenvalue weighted by Gasteiger charge is -2.14. The highest BCUT2D eigenvalue weighted by atomic mass is 35.5. The molecule has 1 saturated heterocycles. The minimum Gasteiger partial charge on any atom is -0.490 e. The zero-order valence-corrected chi connectivity index (χ0v) is 21.3. The van der Waals surface area contributed by atoms with Gasteiger partial charge in [0.25, 0.3) is 5.91 Å². The third kappa shape index (κ3) is 6.27. The Hall–Kier alpha value is -3.22. The molecule has 0 radical (unpaired) electrons. The molecule has 0 unspecified atom stereocenters. The van der Waals surface area contributed by atoms with Crippen LogP contribution in [0.25, 0.3) is 6.08 Å². The Morgan fingerprint density at radius 2 is 1.74 bits per heavy atom. The molecule has 1 fully saturated rings. The second-order valence-electron chi connectivity index (χ2n) is 7.82. The number of amides is 1. The Morgan fingerprint density at radius 3 is 2.49 bits per heavy atom. The summed E-state index contributed by atoms with van der Waals surface area (Å²) in [6.07, 6.45) is 2.73. The van der Waals surface area contributed by atoms with Crippen LogP contribution in [-0.2, 0) is 11.4 Å². The van der Waals surface area contributed by atoms with E-state index in [0.29, 0.717) is 46.4 Å². The van der Waals surface area contributed by atoms with E-state index in [1.54, 1.807) is 4.90 Å². The Morgan fingerprint density at radius 1 is 0.971 bits per heavy atom. The van der Waals surface area contributed by atoms with Gasteiger partial charge in [0.05, 0.1) is 17.2 Å². The molecule has 4 rings (SSSR count). The van der Waals surface area contributed by atoms with E-state index in [9.17, 15) is 4.79 Å². The standard InChI is InChI=1S/C28H27ClN2O3S/c1-3-16-31-27(32)26(35-28(31)30-22-11-6-5-7-12-22)18-20-14-15-24(25(17-20)33-4-2)34-19-21-10-8-9-13-23(21)29/h5-15,17-18H,3-4,16,19H2,1-2H3/b26-18+,30-28?. The van der Waals surface area contributed by atoms with Gasteiger partial charge in [0, 0.05) is 17.1 Å². The SMILES string of the molecule is CCCN1C(=O)/C(=C\c2ccc(OCc3ccccc3Cl)c(OCC)c2)SC1=Nc1ccccc1. The van der Waals surface area contributed by atoms with Gasteiger partial charge in [-0.1, -0.05) is 61.0 Å². The summed E-state index contributed by atoms with van der Waals surface area (Å²) in [4.78, 5) is 20.2. The number of benzene rings is 3. The Balaban J connectivity index is 1.58. The first-order valence-electron chi connectivity index (χ1n) is 11.6. The zero-order valence-electron chi connectivity index (χ0n) is 19.7. The molecule has 0 N–H and O–H groups in total. The number of rotatable bonds is 9. The molecule has 180 valence electrons. The van der Waals surface area contributed by atoms with Crippen molar-refractivity contribution < 1.29 is 14.3 Å². The van der Waals surface area contributed by atoms with Crippen LogP contribution >= 0.6 is 23.4 Å². The minimum absolute atomic E-state index is 0.0384. The number of nitrogens with zero attached hydrogens (tertiary/aromatic N) is 2. The van der Waals surface area contributed by atoms with Crippen LogP contribution in [0, 0.1) is 0 Å². The monoisotopic (exact) mass is 506 g/mol.